The molecule has 0 aliphatic carbocycles. The van der Waals surface area contributed by atoms with E-state index in [1.807, 2.05) is 7.05 Å². The van der Waals surface area contributed by atoms with Gasteiger partial charge in [0.05, 0.1) is 12.3 Å². The van der Waals surface area contributed by atoms with Gasteiger partial charge in [0.25, 0.3) is 0 Å². The molecule has 1 aromatic heterocycles. The number of aromatic nitrogens is 2. The highest BCUT2D eigenvalue weighted by molar-refractivity contribution is 5.10. The minimum absolute atomic E-state index is 0.422. The van der Waals surface area contributed by atoms with E-state index in [2.05, 4.69) is 35.0 Å². The summed E-state index contributed by atoms with van der Waals surface area (Å²) in [7, 11) is 3.73. The van der Waals surface area contributed by atoms with Gasteiger partial charge in [-0.25, -0.2) is 0 Å². The monoisotopic (exact) mass is 239 g/mol. The van der Waals surface area contributed by atoms with E-state index in [9.17, 15) is 0 Å². The number of ether oxygens (including phenoxy) is 1. The molecule has 1 rings (SSSR count). The minimum atomic E-state index is 0.422. The van der Waals surface area contributed by atoms with E-state index in [1.165, 1.54) is 11.4 Å². The molecule has 1 N–H and O–H groups in total. The highest BCUT2D eigenvalue weighted by Gasteiger charge is 2.09. The van der Waals surface area contributed by atoms with E-state index in [0.717, 1.165) is 32.4 Å². The lowest BCUT2D eigenvalue weighted by Gasteiger charge is -2.14. The SMILES string of the molecule is CCc1cc(CCC(COC)NC)n(CC)n1. The first-order valence-corrected chi connectivity index (χ1v) is 6.46. The van der Waals surface area contributed by atoms with Gasteiger partial charge in [0.15, 0.2) is 0 Å². The van der Waals surface area contributed by atoms with E-state index in [0.29, 0.717) is 6.04 Å². The van der Waals surface area contributed by atoms with Gasteiger partial charge in [-0.15, -0.1) is 0 Å². The fourth-order valence-corrected chi connectivity index (χ4v) is 2.00. The summed E-state index contributed by atoms with van der Waals surface area (Å²) >= 11 is 0. The molecule has 4 heteroatoms. The third-order valence-electron chi connectivity index (χ3n) is 3.10. The maximum Gasteiger partial charge on any atom is 0.0624 e. The molecule has 1 aromatic rings. The van der Waals surface area contributed by atoms with Crippen molar-refractivity contribution in [3.05, 3.63) is 17.5 Å². The quantitative estimate of drug-likeness (QED) is 0.749. The molecule has 98 valence electrons. The highest BCUT2D eigenvalue weighted by Crippen LogP contribution is 2.09. The summed E-state index contributed by atoms with van der Waals surface area (Å²) in [6.45, 7) is 6.00. The average molecular weight is 239 g/mol. The molecule has 0 bridgehead atoms. The molecule has 0 saturated carbocycles. The van der Waals surface area contributed by atoms with Crippen molar-refractivity contribution in [1.29, 1.82) is 0 Å². The number of methoxy groups -OCH3 is 1. The number of hydrogen-bond donors (Lipinski definition) is 1. The van der Waals surface area contributed by atoms with Crippen LogP contribution in [0.2, 0.25) is 0 Å². The molecule has 0 aliphatic rings. The highest BCUT2D eigenvalue weighted by atomic mass is 16.5. The minimum Gasteiger partial charge on any atom is -0.383 e. The summed E-state index contributed by atoms with van der Waals surface area (Å²) in [4.78, 5) is 0. The Balaban J connectivity index is 2.57. The van der Waals surface area contributed by atoms with Crippen molar-refractivity contribution in [3.63, 3.8) is 0 Å². The molecule has 17 heavy (non-hydrogen) atoms. The Morgan fingerprint density at radius 1 is 1.47 bits per heavy atom. The number of nitrogens with zero attached hydrogens (tertiary/aromatic N) is 2. The zero-order valence-corrected chi connectivity index (χ0v) is 11.5. The normalized spacial score (nSPS) is 12.9. The lowest BCUT2D eigenvalue weighted by molar-refractivity contribution is 0.166. The molecule has 1 heterocycles. The zero-order valence-electron chi connectivity index (χ0n) is 11.5. The Labute approximate surface area is 104 Å². The van der Waals surface area contributed by atoms with Crippen LogP contribution in [-0.4, -0.2) is 36.6 Å². The van der Waals surface area contributed by atoms with Crippen LogP contribution >= 0.6 is 0 Å². The van der Waals surface area contributed by atoms with Crippen LogP contribution in [0.15, 0.2) is 6.07 Å². The third-order valence-corrected chi connectivity index (χ3v) is 3.10. The second-order valence-corrected chi connectivity index (χ2v) is 4.28. The van der Waals surface area contributed by atoms with Crippen LogP contribution in [0.4, 0.5) is 0 Å². The Hall–Kier alpha value is -0.870. The van der Waals surface area contributed by atoms with Crippen LogP contribution < -0.4 is 5.32 Å². The van der Waals surface area contributed by atoms with Crippen molar-refractivity contribution in [3.8, 4) is 0 Å². The fourth-order valence-electron chi connectivity index (χ4n) is 2.00. The molecular weight excluding hydrogens is 214 g/mol. The van der Waals surface area contributed by atoms with Crippen LogP contribution in [0, 0.1) is 0 Å². The Morgan fingerprint density at radius 3 is 2.76 bits per heavy atom. The molecule has 1 unspecified atom stereocenters. The lowest BCUT2D eigenvalue weighted by atomic mass is 10.1. The maximum absolute atomic E-state index is 5.18. The van der Waals surface area contributed by atoms with E-state index in [-0.39, 0.29) is 0 Å². The molecule has 0 aliphatic heterocycles. The molecular formula is C13H25N3O. The van der Waals surface area contributed by atoms with Crippen molar-refractivity contribution in [2.24, 2.45) is 0 Å². The van der Waals surface area contributed by atoms with Gasteiger partial charge in [0, 0.05) is 25.4 Å². The van der Waals surface area contributed by atoms with Crippen molar-refractivity contribution >= 4 is 0 Å². The largest absolute Gasteiger partial charge is 0.383 e. The predicted molar refractivity (Wildman–Crippen MR) is 70.3 cm³/mol. The second-order valence-electron chi connectivity index (χ2n) is 4.28. The summed E-state index contributed by atoms with van der Waals surface area (Å²) in [6.07, 6.45) is 3.14. The molecule has 0 fully saturated rings. The lowest BCUT2D eigenvalue weighted by Crippen LogP contribution is -2.30. The van der Waals surface area contributed by atoms with Gasteiger partial charge < -0.3 is 10.1 Å². The summed E-state index contributed by atoms with van der Waals surface area (Å²) in [5, 5.41) is 7.84. The predicted octanol–water partition coefficient (Wildman–Crippen LogP) is 1.63. The standard InChI is InChI=1S/C13H25N3O/c1-5-11-9-13(16(6-2)15-11)8-7-12(14-3)10-17-4/h9,12,14H,5-8,10H2,1-4H3. The Kier molecular flexibility index (Phi) is 6.22. The molecule has 0 amide bonds. The van der Waals surface area contributed by atoms with Crippen molar-refractivity contribution in [1.82, 2.24) is 15.1 Å². The first-order valence-electron chi connectivity index (χ1n) is 6.46. The molecule has 0 spiro atoms. The average Bonchev–Trinajstić information content (AvgIpc) is 2.76. The van der Waals surface area contributed by atoms with Gasteiger partial charge in [-0.1, -0.05) is 6.92 Å². The molecule has 1 atom stereocenters. The van der Waals surface area contributed by atoms with Gasteiger partial charge >= 0.3 is 0 Å². The molecule has 0 aromatic carbocycles. The fraction of sp³-hybridized carbons (Fsp3) is 0.769. The summed E-state index contributed by atoms with van der Waals surface area (Å²) in [5.41, 5.74) is 2.52. The molecule has 0 saturated heterocycles. The summed E-state index contributed by atoms with van der Waals surface area (Å²) in [6, 6.07) is 2.65. The first kappa shape index (κ1) is 14.2. The summed E-state index contributed by atoms with van der Waals surface area (Å²) < 4.78 is 7.29. The van der Waals surface area contributed by atoms with E-state index in [1.54, 1.807) is 7.11 Å². The number of rotatable bonds is 8. The van der Waals surface area contributed by atoms with Gasteiger partial charge in [-0.3, -0.25) is 4.68 Å². The van der Waals surface area contributed by atoms with Gasteiger partial charge in [-0.2, -0.15) is 5.10 Å². The first-order chi connectivity index (χ1) is 8.24. The van der Waals surface area contributed by atoms with Gasteiger partial charge in [-0.05, 0) is 39.3 Å². The van der Waals surface area contributed by atoms with Gasteiger partial charge in [0.2, 0.25) is 0 Å². The van der Waals surface area contributed by atoms with Crippen molar-refractivity contribution in [2.45, 2.75) is 45.7 Å². The Morgan fingerprint density at radius 2 is 2.24 bits per heavy atom. The van der Waals surface area contributed by atoms with Crippen LogP contribution in [0.3, 0.4) is 0 Å². The van der Waals surface area contributed by atoms with Crippen molar-refractivity contribution < 1.29 is 4.74 Å². The maximum atomic E-state index is 5.18. The number of aryl methyl sites for hydroxylation is 3. The van der Waals surface area contributed by atoms with Crippen LogP contribution in [0.1, 0.15) is 31.7 Å². The van der Waals surface area contributed by atoms with E-state index in [4.69, 9.17) is 4.74 Å². The molecule has 4 nitrogen and oxygen atoms in total. The zero-order chi connectivity index (χ0) is 12.7. The van der Waals surface area contributed by atoms with Gasteiger partial charge in [0.1, 0.15) is 0 Å². The van der Waals surface area contributed by atoms with Crippen LogP contribution in [0.25, 0.3) is 0 Å². The second kappa shape index (κ2) is 7.45. The smallest absolute Gasteiger partial charge is 0.0624 e. The number of hydrogen-bond acceptors (Lipinski definition) is 3. The number of likely N-dealkylation sites (N-methyl/N-ethyl adjacent to an activating group) is 1. The van der Waals surface area contributed by atoms with Crippen LogP contribution in [-0.2, 0) is 24.1 Å². The van der Waals surface area contributed by atoms with E-state index < -0.39 is 0 Å². The third kappa shape index (κ3) is 4.13. The van der Waals surface area contributed by atoms with Crippen LogP contribution in [0.5, 0.6) is 0 Å². The Bertz CT molecular complexity index is 322. The summed E-state index contributed by atoms with van der Waals surface area (Å²) in [5.74, 6) is 0. The van der Waals surface area contributed by atoms with Crippen molar-refractivity contribution in [2.75, 3.05) is 20.8 Å². The number of nitrogens with one attached hydrogen (secondary N) is 1. The van der Waals surface area contributed by atoms with E-state index >= 15 is 0 Å². The topological polar surface area (TPSA) is 39.1 Å². The molecule has 0 radical (unpaired) electrons.